The van der Waals surface area contributed by atoms with Crippen LogP contribution in [0.3, 0.4) is 0 Å². The summed E-state index contributed by atoms with van der Waals surface area (Å²) in [4.78, 5) is 12.2. The zero-order chi connectivity index (χ0) is 16.8. The van der Waals surface area contributed by atoms with Crippen LogP contribution < -0.4 is 5.32 Å². The van der Waals surface area contributed by atoms with E-state index in [1.807, 2.05) is 6.92 Å². The van der Waals surface area contributed by atoms with Gasteiger partial charge in [-0.15, -0.1) is 0 Å². The first-order chi connectivity index (χ1) is 11.0. The van der Waals surface area contributed by atoms with E-state index in [9.17, 15) is 9.90 Å². The number of ether oxygens (including phenoxy) is 1. The maximum atomic E-state index is 12.2. The molecule has 0 aromatic heterocycles. The zero-order valence-corrected chi connectivity index (χ0v) is 14.6. The molecule has 1 aliphatic carbocycles. The molecule has 0 heterocycles. The SMILES string of the molecule is COC1CCC(CC(=O)NC(C)C(O)c2ccc(Cl)cc2)CC1. The lowest BCUT2D eigenvalue weighted by atomic mass is 9.85. The van der Waals surface area contributed by atoms with E-state index in [1.54, 1.807) is 31.4 Å². The van der Waals surface area contributed by atoms with Crippen LogP contribution >= 0.6 is 11.6 Å². The molecule has 2 rings (SSSR count). The van der Waals surface area contributed by atoms with Gasteiger partial charge in [0.15, 0.2) is 0 Å². The third-order valence-corrected chi connectivity index (χ3v) is 4.93. The fourth-order valence-corrected chi connectivity index (χ4v) is 3.30. The van der Waals surface area contributed by atoms with Gasteiger partial charge < -0.3 is 15.2 Å². The third kappa shape index (κ3) is 5.48. The van der Waals surface area contributed by atoms with E-state index < -0.39 is 6.10 Å². The van der Waals surface area contributed by atoms with Crippen LogP contribution in [0.15, 0.2) is 24.3 Å². The summed E-state index contributed by atoms with van der Waals surface area (Å²) in [6.45, 7) is 1.82. The van der Waals surface area contributed by atoms with Gasteiger partial charge in [0.2, 0.25) is 5.91 Å². The highest BCUT2D eigenvalue weighted by Gasteiger charge is 2.24. The molecular weight excluding hydrogens is 314 g/mol. The summed E-state index contributed by atoms with van der Waals surface area (Å²) in [6.07, 6.45) is 4.24. The van der Waals surface area contributed by atoms with E-state index in [0.717, 1.165) is 31.2 Å². The molecule has 0 aliphatic heterocycles. The molecule has 0 radical (unpaired) electrons. The number of halogens is 1. The highest BCUT2D eigenvalue weighted by Crippen LogP contribution is 2.28. The van der Waals surface area contributed by atoms with Crippen molar-refractivity contribution in [3.63, 3.8) is 0 Å². The first kappa shape index (κ1) is 18.2. The van der Waals surface area contributed by atoms with Crippen LogP contribution in [0.5, 0.6) is 0 Å². The van der Waals surface area contributed by atoms with Crippen LogP contribution in [-0.2, 0) is 9.53 Å². The van der Waals surface area contributed by atoms with E-state index >= 15 is 0 Å². The number of amides is 1. The number of aliphatic hydroxyl groups excluding tert-OH is 1. The predicted octanol–water partition coefficient (Wildman–Crippen LogP) is 3.47. The highest BCUT2D eigenvalue weighted by molar-refractivity contribution is 6.30. The smallest absolute Gasteiger partial charge is 0.220 e. The minimum atomic E-state index is -0.736. The Morgan fingerprint density at radius 3 is 2.48 bits per heavy atom. The molecule has 128 valence electrons. The summed E-state index contributed by atoms with van der Waals surface area (Å²) >= 11 is 5.85. The second kappa shape index (κ2) is 8.67. The van der Waals surface area contributed by atoms with Gasteiger partial charge in [-0.25, -0.2) is 0 Å². The topological polar surface area (TPSA) is 58.6 Å². The summed E-state index contributed by atoms with van der Waals surface area (Å²) in [5.74, 6) is 0.424. The number of carbonyl (C=O) groups excluding carboxylic acids is 1. The van der Waals surface area contributed by atoms with E-state index in [4.69, 9.17) is 16.3 Å². The average molecular weight is 340 g/mol. The molecular formula is C18H26ClNO3. The Balaban J connectivity index is 1.79. The molecule has 2 N–H and O–H groups in total. The van der Waals surface area contributed by atoms with Gasteiger partial charge in [0.25, 0.3) is 0 Å². The molecule has 1 amide bonds. The molecule has 0 spiro atoms. The van der Waals surface area contributed by atoms with Crippen molar-refractivity contribution in [2.75, 3.05) is 7.11 Å². The van der Waals surface area contributed by atoms with Crippen LogP contribution in [0.25, 0.3) is 0 Å². The number of methoxy groups -OCH3 is 1. The maximum absolute atomic E-state index is 12.2. The lowest BCUT2D eigenvalue weighted by Crippen LogP contribution is -2.38. The van der Waals surface area contributed by atoms with E-state index in [2.05, 4.69) is 5.32 Å². The molecule has 1 saturated carbocycles. The van der Waals surface area contributed by atoms with Crippen molar-refractivity contribution in [3.05, 3.63) is 34.9 Å². The van der Waals surface area contributed by atoms with Crippen molar-refractivity contribution in [1.29, 1.82) is 0 Å². The second-order valence-corrected chi connectivity index (χ2v) is 6.87. The number of aliphatic hydroxyl groups is 1. The van der Waals surface area contributed by atoms with Crippen LogP contribution in [-0.4, -0.2) is 30.3 Å². The monoisotopic (exact) mass is 339 g/mol. The summed E-state index contributed by atoms with van der Waals surface area (Å²) in [7, 11) is 1.75. The summed E-state index contributed by atoms with van der Waals surface area (Å²) in [6, 6.07) is 6.70. The minimum absolute atomic E-state index is 0.00591. The molecule has 4 nitrogen and oxygen atoms in total. The van der Waals surface area contributed by atoms with Crippen molar-refractivity contribution in [3.8, 4) is 0 Å². The lowest BCUT2D eigenvalue weighted by Gasteiger charge is -2.28. The van der Waals surface area contributed by atoms with Crippen molar-refractivity contribution < 1.29 is 14.6 Å². The van der Waals surface area contributed by atoms with E-state index in [-0.39, 0.29) is 11.9 Å². The first-order valence-electron chi connectivity index (χ1n) is 8.25. The molecule has 0 bridgehead atoms. The van der Waals surface area contributed by atoms with Gasteiger partial charge in [0.05, 0.1) is 18.2 Å². The number of benzene rings is 1. The van der Waals surface area contributed by atoms with Crippen LogP contribution in [0, 0.1) is 5.92 Å². The number of rotatable bonds is 6. The van der Waals surface area contributed by atoms with Gasteiger partial charge in [-0.3, -0.25) is 4.79 Å². The second-order valence-electron chi connectivity index (χ2n) is 6.44. The average Bonchev–Trinajstić information content (AvgIpc) is 2.55. The normalized spacial score (nSPS) is 24.0. The predicted molar refractivity (Wildman–Crippen MR) is 91.4 cm³/mol. The molecule has 1 aromatic rings. The molecule has 1 fully saturated rings. The van der Waals surface area contributed by atoms with Crippen molar-refractivity contribution >= 4 is 17.5 Å². The molecule has 2 unspecified atom stereocenters. The van der Waals surface area contributed by atoms with Crippen molar-refractivity contribution in [2.24, 2.45) is 5.92 Å². The summed E-state index contributed by atoms with van der Waals surface area (Å²) < 4.78 is 5.35. The van der Waals surface area contributed by atoms with E-state index in [0.29, 0.717) is 23.5 Å². The standard InChI is InChI=1S/C18H26ClNO3/c1-12(18(22)14-5-7-15(19)8-6-14)20-17(21)11-13-3-9-16(23-2)10-4-13/h5-8,12-13,16,18,22H,3-4,9-11H2,1-2H3,(H,20,21). The highest BCUT2D eigenvalue weighted by atomic mass is 35.5. The minimum Gasteiger partial charge on any atom is -0.386 e. The van der Waals surface area contributed by atoms with Gasteiger partial charge in [0.1, 0.15) is 0 Å². The number of hydrogen-bond donors (Lipinski definition) is 2. The molecule has 23 heavy (non-hydrogen) atoms. The largest absolute Gasteiger partial charge is 0.386 e. The van der Waals surface area contributed by atoms with Gasteiger partial charge in [0, 0.05) is 18.6 Å². The molecule has 1 aromatic carbocycles. The van der Waals surface area contributed by atoms with Gasteiger partial charge >= 0.3 is 0 Å². The summed E-state index contributed by atoms with van der Waals surface area (Å²) in [5.41, 5.74) is 0.753. The fraction of sp³-hybridized carbons (Fsp3) is 0.611. The molecule has 2 atom stereocenters. The van der Waals surface area contributed by atoms with Crippen molar-refractivity contribution in [2.45, 2.75) is 57.3 Å². The van der Waals surface area contributed by atoms with Gasteiger partial charge in [-0.1, -0.05) is 23.7 Å². The van der Waals surface area contributed by atoms with Gasteiger partial charge in [-0.2, -0.15) is 0 Å². The maximum Gasteiger partial charge on any atom is 0.220 e. The Labute approximate surface area is 143 Å². The Bertz CT molecular complexity index is 497. The van der Waals surface area contributed by atoms with E-state index in [1.165, 1.54) is 0 Å². The summed E-state index contributed by atoms with van der Waals surface area (Å²) in [5, 5.41) is 13.9. The number of nitrogens with one attached hydrogen (secondary N) is 1. The Morgan fingerprint density at radius 1 is 1.30 bits per heavy atom. The quantitative estimate of drug-likeness (QED) is 0.834. The van der Waals surface area contributed by atoms with Crippen LogP contribution in [0.2, 0.25) is 5.02 Å². The third-order valence-electron chi connectivity index (χ3n) is 4.67. The number of hydrogen-bond acceptors (Lipinski definition) is 3. The lowest BCUT2D eigenvalue weighted by molar-refractivity contribution is -0.123. The van der Waals surface area contributed by atoms with Crippen molar-refractivity contribution in [1.82, 2.24) is 5.32 Å². The molecule has 5 heteroatoms. The number of carbonyl (C=O) groups is 1. The molecule has 1 aliphatic rings. The zero-order valence-electron chi connectivity index (χ0n) is 13.8. The van der Waals surface area contributed by atoms with Crippen LogP contribution in [0.1, 0.15) is 50.7 Å². The Morgan fingerprint density at radius 2 is 1.91 bits per heavy atom. The first-order valence-corrected chi connectivity index (χ1v) is 8.63. The Hall–Kier alpha value is -1.10. The Kier molecular flexibility index (Phi) is 6.88. The van der Waals surface area contributed by atoms with Crippen LogP contribution in [0.4, 0.5) is 0 Å². The fourth-order valence-electron chi connectivity index (χ4n) is 3.17. The van der Waals surface area contributed by atoms with Gasteiger partial charge in [-0.05, 0) is 56.2 Å². The molecule has 0 saturated heterocycles.